The van der Waals surface area contributed by atoms with Gasteiger partial charge in [0.1, 0.15) is 6.04 Å². The molecule has 2 fully saturated rings. The van der Waals surface area contributed by atoms with Gasteiger partial charge in [0.2, 0.25) is 5.89 Å². The van der Waals surface area contributed by atoms with Crippen molar-refractivity contribution in [1.29, 1.82) is 0 Å². The van der Waals surface area contributed by atoms with Gasteiger partial charge in [0, 0.05) is 24.0 Å². The second-order valence-corrected chi connectivity index (χ2v) is 5.87. The first-order valence-corrected chi connectivity index (χ1v) is 7.26. The van der Waals surface area contributed by atoms with Crippen molar-refractivity contribution in [2.24, 2.45) is 0 Å². The molecule has 0 amide bonds. The van der Waals surface area contributed by atoms with Crippen LogP contribution >= 0.6 is 11.8 Å². The third-order valence-electron chi connectivity index (χ3n) is 3.28. The highest BCUT2D eigenvalue weighted by Gasteiger charge is 2.32. The summed E-state index contributed by atoms with van der Waals surface area (Å²) in [5.41, 5.74) is 0. The van der Waals surface area contributed by atoms with Gasteiger partial charge in [-0.1, -0.05) is 5.16 Å². The molecular formula is C11H15N3O3S. The number of thioether (sulfide) groups is 1. The Morgan fingerprint density at radius 1 is 1.56 bits per heavy atom. The fraction of sp³-hybridized carbons (Fsp3) is 0.727. The average molecular weight is 269 g/mol. The van der Waals surface area contributed by atoms with Crippen LogP contribution in [0.5, 0.6) is 0 Å². The first-order chi connectivity index (χ1) is 8.74. The molecule has 18 heavy (non-hydrogen) atoms. The van der Waals surface area contributed by atoms with Gasteiger partial charge in [-0.15, -0.1) is 0 Å². The summed E-state index contributed by atoms with van der Waals surface area (Å²) < 4.78 is 5.19. The number of rotatable bonds is 4. The summed E-state index contributed by atoms with van der Waals surface area (Å²) >= 11 is 1.68. The second-order valence-electron chi connectivity index (χ2n) is 4.72. The molecule has 98 valence electrons. The number of nitrogens with zero attached hydrogens (tertiary/aromatic N) is 3. The lowest BCUT2D eigenvalue weighted by atomic mass is 10.2. The van der Waals surface area contributed by atoms with Crippen LogP contribution in [0.25, 0.3) is 0 Å². The van der Waals surface area contributed by atoms with Crippen molar-refractivity contribution >= 4 is 17.7 Å². The standard InChI is InChI=1S/C11H15N3O3S/c15-11(16)8-6-18-4-3-14(8)5-9-12-10(17-13-9)7-1-2-7/h7-8H,1-6H2,(H,15,16). The van der Waals surface area contributed by atoms with Crippen LogP contribution in [0, 0.1) is 0 Å². The highest BCUT2D eigenvalue weighted by Crippen LogP contribution is 2.38. The monoisotopic (exact) mass is 269 g/mol. The SMILES string of the molecule is O=C(O)C1CSCCN1Cc1noc(C2CC2)n1. The molecule has 1 unspecified atom stereocenters. The van der Waals surface area contributed by atoms with E-state index in [9.17, 15) is 9.90 Å². The fourth-order valence-corrected chi connectivity index (χ4v) is 3.17. The maximum absolute atomic E-state index is 11.2. The van der Waals surface area contributed by atoms with Crippen molar-refractivity contribution in [2.75, 3.05) is 18.1 Å². The molecular weight excluding hydrogens is 254 g/mol. The molecule has 1 saturated carbocycles. The van der Waals surface area contributed by atoms with E-state index in [4.69, 9.17) is 4.52 Å². The van der Waals surface area contributed by atoms with Crippen LogP contribution < -0.4 is 0 Å². The van der Waals surface area contributed by atoms with Crippen LogP contribution in [0.1, 0.15) is 30.5 Å². The molecule has 6 nitrogen and oxygen atoms in total. The summed E-state index contributed by atoms with van der Waals surface area (Å²) in [6, 6.07) is -0.438. The number of aromatic nitrogens is 2. The Morgan fingerprint density at radius 3 is 3.11 bits per heavy atom. The van der Waals surface area contributed by atoms with Crippen molar-refractivity contribution in [3.8, 4) is 0 Å². The Labute approximate surface area is 109 Å². The van der Waals surface area contributed by atoms with E-state index in [1.807, 2.05) is 4.90 Å². The van der Waals surface area contributed by atoms with Crippen molar-refractivity contribution in [1.82, 2.24) is 15.0 Å². The van der Waals surface area contributed by atoms with Gasteiger partial charge in [-0.2, -0.15) is 16.7 Å². The Bertz CT molecular complexity index is 446. The van der Waals surface area contributed by atoms with E-state index in [0.29, 0.717) is 29.9 Å². The zero-order valence-corrected chi connectivity index (χ0v) is 10.7. The summed E-state index contributed by atoms with van der Waals surface area (Å²) in [6.07, 6.45) is 2.25. The molecule has 1 aromatic heterocycles. The van der Waals surface area contributed by atoms with Gasteiger partial charge < -0.3 is 9.63 Å². The molecule has 2 aliphatic rings. The smallest absolute Gasteiger partial charge is 0.321 e. The number of carbonyl (C=O) groups is 1. The predicted octanol–water partition coefficient (Wildman–Crippen LogP) is 0.949. The lowest BCUT2D eigenvalue weighted by Gasteiger charge is -2.31. The molecule has 1 N–H and O–H groups in total. The Balaban J connectivity index is 1.67. The minimum atomic E-state index is -0.770. The van der Waals surface area contributed by atoms with E-state index in [2.05, 4.69) is 10.1 Å². The van der Waals surface area contributed by atoms with E-state index in [1.165, 1.54) is 0 Å². The first kappa shape index (κ1) is 12.0. The molecule has 0 bridgehead atoms. The van der Waals surface area contributed by atoms with E-state index in [1.54, 1.807) is 11.8 Å². The van der Waals surface area contributed by atoms with Crippen LogP contribution in [-0.2, 0) is 11.3 Å². The lowest BCUT2D eigenvalue weighted by Crippen LogP contribution is -2.46. The van der Waals surface area contributed by atoms with E-state index in [0.717, 1.165) is 25.1 Å². The van der Waals surface area contributed by atoms with Gasteiger partial charge in [-0.3, -0.25) is 9.69 Å². The van der Waals surface area contributed by atoms with Crippen molar-refractivity contribution in [3.05, 3.63) is 11.7 Å². The number of carboxylic acids is 1. The Morgan fingerprint density at radius 2 is 2.39 bits per heavy atom. The van der Waals surface area contributed by atoms with Gasteiger partial charge >= 0.3 is 5.97 Å². The van der Waals surface area contributed by atoms with Crippen molar-refractivity contribution in [3.63, 3.8) is 0 Å². The summed E-state index contributed by atoms with van der Waals surface area (Å²) in [5, 5.41) is 13.1. The van der Waals surface area contributed by atoms with Crippen LogP contribution in [0.2, 0.25) is 0 Å². The first-order valence-electron chi connectivity index (χ1n) is 6.11. The van der Waals surface area contributed by atoms with Gasteiger partial charge in [-0.25, -0.2) is 0 Å². The zero-order valence-electron chi connectivity index (χ0n) is 9.91. The largest absolute Gasteiger partial charge is 0.480 e. The maximum Gasteiger partial charge on any atom is 0.321 e. The van der Waals surface area contributed by atoms with Gasteiger partial charge in [0.15, 0.2) is 5.82 Å². The normalized spacial score (nSPS) is 25.2. The van der Waals surface area contributed by atoms with Crippen LogP contribution in [0.4, 0.5) is 0 Å². The van der Waals surface area contributed by atoms with Gasteiger partial charge in [0.25, 0.3) is 0 Å². The molecule has 7 heteroatoms. The zero-order chi connectivity index (χ0) is 12.5. The second kappa shape index (κ2) is 4.89. The number of hydrogen-bond acceptors (Lipinski definition) is 6. The molecule has 2 heterocycles. The molecule has 1 aromatic rings. The molecule has 3 rings (SSSR count). The van der Waals surface area contributed by atoms with Crippen molar-refractivity contribution in [2.45, 2.75) is 31.3 Å². The summed E-state index contributed by atoms with van der Waals surface area (Å²) in [7, 11) is 0. The van der Waals surface area contributed by atoms with Crippen molar-refractivity contribution < 1.29 is 14.4 Å². The minimum absolute atomic E-state index is 0.438. The van der Waals surface area contributed by atoms with Gasteiger partial charge in [0.05, 0.1) is 6.54 Å². The number of aliphatic carboxylic acids is 1. The molecule has 1 aliphatic carbocycles. The topological polar surface area (TPSA) is 79.5 Å². The Hall–Kier alpha value is -1.08. The third-order valence-corrected chi connectivity index (χ3v) is 4.30. The highest BCUT2D eigenvalue weighted by atomic mass is 32.2. The molecule has 0 spiro atoms. The maximum atomic E-state index is 11.2. The van der Waals surface area contributed by atoms with Crippen LogP contribution in [-0.4, -0.2) is 50.2 Å². The van der Waals surface area contributed by atoms with Gasteiger partial charge in [-0.05, 0) is 12.8 Å². The third kappa shape index (κ3) is 2.51. The minimum Gasteiger partial charge on any atom is -0.480 e. The predicted molar refractivity (Wildman–Crippen MR) is 65.4 cm³/mol. The summed E-state index contributed by atoms with van der Waals surface area (Å²) in [6.45, 7) is 1.22. The summed E-state index contributed by atoms with van der Waals surface area (Å²) in [4.78, 5) is 17.4. The van der Waals surface area contributed by atoms with Crippen LogP contribution in [0.15, 0.2) is 4.52 Å². The quantitative estimate of drug-likeness (QED) is 0.871. The van der Waals surface area contributed by atoms with E-state index >= 15 is 0 Å². The average Bonchev–Trinajstić information content (AvgIpc) is 3.11. The summed E-state index contributed by atoms with van der Waals surface area (Å²) in [5.74, 6) is 2.57. The number of hydrogen-bond donors (Lipinski definition) is 1. The molecule has 1 saturated heterocycles. The lowest BCUT2D eigenvalue weighted by molar-refractivity contribution is -0.142. The fourth-order valence-electron chi connectivity index (χ4n) is 2.06. The van der Waals surface area contributed by atoms with E-state index < -0.39 is 12.0 Å². The molecule has 0 radical (unpaired) electrons. The molecule has 0 aromatic carbocycles. The van der Waals surface area contributed by atoms with Crippen LogP contribution in [0.3, 0.4) is 0 Å². The van der Waals surface area contributed by atoms with E-state index in [-0.39, 0.29) is 0 Å². The Kier molecular flexibility index (Phi) is 3.25. The number of carboxylic acid groups (broad SMARTS) is 1. The highest BCUT2D eigenvalue weighted by molar-refractivity contribution is 7.99. The molecule has 1 aliphatic heterocycles. The molecule has 1 atom stereocenters.